The third-order valence-electron chi connectivity index (χ3n) is 4.23. The van der Waals surface area contributed by atoms with Gasteiger partial charge in [0, 0.05) is 12.4 Å². The average molecular weight is 283 g/mol. The molecule has 1 saturated carbocycles. The zero-order chi connectivity index (χ0) is 14.7. The van der Waals surface area contributed by atoms with Crippen LogP contribution in [0.4, 0.5) is 0 Å². The van der Waals surface area contributed by atoms with E-state index in [0.29, 0.717) is 18.2 Å². The molecule has 110 valence electrons. The van der Waals surface area contributed by atoms with Crippen molar-refractivity contribution in [1.29, 1.82) is 0 Å². The molecule has 1 aliphatic carbocycles. The number of hydrogen-bond acceptors (Lipinski definition) is 3. The first-order valence-electron chi connectivity index (χ1n) is 7.73. The van der Waals surface area contributed by atoms with Crippen molar-refractivity contribution in [2.75, 3.05) is 0 Å². The molecule has 0 aromatic carbocycles. The van der Waals surface area contributed by atoms with Crippen LogP contribution >= 0.6 is 0 Å². The van der Waals surface area contributed by atoms with Crippen molar-refractivity contribution in [3.63, 3.8) is 0 Å². The lowest BCUT2D eigenvalue weighted by atomic mass is 9.96. The molecule has 0 saturated heterocycles. The molecular weight excluding hydrogens is 262 g/mol. The van der Waals surface area contributed by atoms with Crippen LogP contribution in [0.3, 0.4) is 0 Å². The van der Waals surface area contributed by atoms with E-state index in [1.165, 1.54) is 32.1 Å². The largest absolute Gasteiger partial charge is 0.292 e. The number of aryl methyl sites for hydroxylation is 1. The normalized spacial score (nSPS) is 16.0. The molecule has 0 spiro atoms. The Bertz CT molecular complexity index is 626. The number of carbonyl (C=O) groups excluding carboxylic acids is 1. The Kier molecular flexibility index (Phi) is 4.13. The van der Waals surface area contributed by atoms with Crippen molar-refractivity contribution < 1.29 is 4.79 Å². The zero-order valence-electron chi connectivity index (χ0n) is 12.5. The minimum Gasteiger partial charge on any atom is -0.292 e. The molecule has 2 aromatic heterocycles. The van der Waals surface area contributed by atoms with E-state index in [0.717, 1.165) is 11.3 Å². The Morgan fingerprint density at radius 2 is 2.10 bits per heavy atom. The maximum atomic E-state index is 12.3. The summed E-state index contributed by atoms with van der Waals surface area (Å²) in [6.45, 7) is 1.92. The fourth-order valence-corrected chi connectivity index (χ4v) is 3.05. The molecule has 0 aliphatic heterocycles. The highest BCUT2D eigenvalue weighted by molar-refractivity contribution is 5.96. The maximum Gasteiger partial charge on any atom is 0.187 e. The Morgan fingerprint density at radius 3 is 2.86 bits per heavy atom. The molecule has 2 aromatic rings. The Hall–Kier alpha value is -1.97. The van der Waals surface area contributed by atoms with E-state index in [-0.39, 0.29) is 5.78 Å². The van der Waals surface area contributed by atoms with Crippen molar-refractivity contribution >= 4 is 5.78 Å². The second kappa shape index (κ2) is 6.20. The predicted octanol–water partition coefficient (Wildman–Crippen LogP) is 3.52. The van der Waals surface area contributed by atoms with E-state index >= 15 is 0 Å². The average Bonchev–Trinajstić information content (AvgIpc) is 2.97. The van der Waals surface area contributed by atoms with E-state index in [1.54, 1.807) is 6.20 Å². The number of carbonyl (C=O) groups is 1. The SMILES string of the molecule is Cc1cccnc1C(=O)Cc1ccn(C2CCCCC2)n1. The molecular formula is C17H21N3O. The highest BCUT2D eigenvalue weighted by Crippen LogP contribution is 2.27. The molecule has 0 radical (unpaired) electrons. The van der Waals surface area contributed by atoms with Crippen LogP contribution in [0.2, 0.25) is 0 Å². The minimum atomic E-state index is 0.0435. The molecule has 3 rings (SSSR count). The summed E-state index contributed by atoms with van der Waals surface area (Å²) >= 11 is 0. The van der Waals surface area contributed by atoms with Crippen molar-refractivity contribution in [3.8, 4) is 0 Å². The maximum absolute atomic E-state index is 12.3. The lowest BCUT2D eigenvalue weighted by Crippen LogP contribution is -2.14. The molecule has 4 heteroatoms. The summed E-state index contributed by atoms with van der Waals surface area (Å²) in [6.07, 6.45) is 10.3. The highest BCUT2D eigenvalue weighted by Gasteiger charge is 2.17. The summed E-state index contributed by atoms with van der Waals surface area (Å²) in [4.78, 5) is 16.5. The first-order chi connectivity index (χ1) is 10.2. The van der Waals surface area contributed by atoms with Gasteiger partial charge in [0.25, 0.3) is 0 Å². The number of Topliss-reactive ketones (excluding diaryl/α,β-unsaturated/α-hetero) is 1. The number of ketones is 1. The van der Waals surface area contributed by atoms with E-state index in [2.05, 4.69) is 10.1 Å². The van der Waals surface area contributed by atoms with Gasteiger partial charge in [-0.15, -0.1) is 0 Å². The molecule has 0 amide bonds. The lowest BCUT2D eigenvalue weighted by molar-refractivity contribution is 0.0986. The van der Waals surface area contributed by atoms with Crippen molar-refractivity contribution in [2.45, 2.75) is 51.5 Å². The minimum absolute atomic E-state index is 0.0435. The van der Waals surface area contributed by atoms with Crippen LogP contribution < -0.4 is 0 Å². The van der Waals surface area contributed by atoms with Gasteiger partial charge >= 0.3 is 0 Å². The van der Waals surface area contributed by atoms with Gasteiger partial charge in [0.05, 0.1) is 18.2 Å². The van der Waals surface area contributed by atoms with Gasteiger partial charge in [0.2, 0.25) is 0 Å². The molecule has 0 N–H and O–H groups in total. The number of hydrogen-bond donors (Lipinski definition) is 0. The van der Waals surface area contributed by atoms with Gasteiger partial charge in [-0.3, -0.25) is 14.5 Å². The lowest BCUT2D eigenvalue weighted by Gasteiger charge is -2.21. The third-order valence-corrected chi connectivity index (χ3v) is 4.23. The summed E-state index contributed by atoms with van der Waals surface area (Å²) < 4.78 is 2.05. The fraction of sp³-hybridized carbons (Fsp3) is 0.471. The van der Waals surface area contributed by atoms with Crippen LogP contribution in [0.25, 0.3) is 0 Å². The molecule has 2 heterocycles. The van der Waals surface area contributed by atoms with Crippen LogP contribution in [0.5, 0.6) is 0 Å². The molecule has 0 unspecified atom stereocenters. The molecule has 0 bridgehead atoms. The van der Waals surface area contributed by atoms with Gasteiger partial charge in [-0.1, -0.05) is 25.3 Å². The third kappa shape index (κ3) is 3.20. The predicted molar refractivity (Wildman–Crippen MR) is 81.4 cm³/mol. The Balaban J connectivity index is 1.69. The molecule has 1 fully saturated rings. The molecule has 21 heavy (non-hydrogen) atoms. The van der Waals surface area contributed by atoms with Gasteiger partial charge in [-0.2, -0.15) is 5.10 Å². The first-order valence-corrected chi connectivity index (χ1v) is 7.73. The smallest absolute Gasteiger partial charge is 0.187 e. The van der Waals surface area contributed by atoms with Crippen molar-refractivity contribution in [3.05, 3.63) is 47.5 Å². The summed E-state index contributed by atoms with van der Waals surface area (Å²) in [7, 11) is 0. The van der Waals surface area contributed by atoms with Gasteiger partial charge in [-0.25, -0.2) is 0 Å². The molecule has 4 nitrogen and oxygen atoms in total. The number of pyridine rings is 1. The Morgan fingerprint density at radius 1 is 1.29 bits per heavy atom. The summed E-state index contributed by atoms with van der Waals surface area (Å²) in [5.41, 5.74) is 2.33. The van der Waals surface area contributed by atoms with Gasteiger partial charge in [0.15, 0.2) is 5.78 Å². The highest BCUT2D eigenvalue weighted by atomic mass is 16.1. The van der Waals surface area contributed by atoms with Crippen LogP contribution in [-0.4, -0.2) is 20.5 Å². The van der Waals surface area contributed by atoms with Gasteiger partial charge in [0.1, 0.15) is 5.69 Å². The first kappa shape index (κ1) is 14.0. The van der Waals surface area contributed by atoms with Gasteiger partial charge < -0.3 is 0 Å². The fourth-order valence-electron chi connectivity index (χ4n) is 3.05. The van der Waals surface area contributed by atoms with Gasteiger partial charge in [-0.05, 0) is 37.5 Å². The topological polar surface area (TPSA) is 47.8 Å². The standard InChI is InChI=1S/C17H21N3O/c1-13-6-5-10-18-17(13)16(21)12-14-9-11-20(19-14)15-7-3-2-4-8-15/h5-6,9-11,15H,2-4,7-8,12H2,1H3. The second-order valence-corrected chi connectivity index (χ2v) is 5.85. The molecule has 1 aliphatic rings. The van der Waals surface area contributed by atoms with Crippen molar-refractivity contribution in [1.82, 2.24) is 14.8 Å². The number of aromatic nitrogens is 3. The summed E-state index contributed by atoms with van der Waals surface area (Å²) in [5.74, 6) is 0.0435. The Labute approximate surface area is 125 Å². The van der Waals surface area contributed by atoms with E-state index in [4.69, 9.17) is 0 Å². The molecule has 0 atom stereocenters. The van der Waals surface area contributed by atoms with Crippen LogP contribution in [0.1, 0.15) is 59.9 Å². The summed E-state index contributed by atoms with van der Waals surface area (Å²) in [6, 6.07) is 6.24. The van der Waals surface area contributed by atoms with Crippen molar-refractivity contribution in [2.24, 2.45) is 0 Å². The zero-order valence-corrected chi connectivity index (χ0v) is 12.5. The number of rotatable bonds is 4. The quantitative estimate of drug-likeness (QED) is 0.807. The van der Waals surface area contributed by atoms with Crippen LogP contribution in [0, 0.1) is 6.92 Å². The van der Waals surface area contributed by atoms with Crippen LogP contribution in [-0.2, 0) is 6.42 Å². The van der Waals surface area contributed by atoms with Crippen LogP contribution in [0.15, 0.2) is 30.6 Å². The second-order valence-electron chi connectivity index (χ2n) is 5.85. The van der Waals surface area contributed by atoms with E-state index in [9.17, 15) is 4.79 Å². The van der Waals surface area contributed by atoms with E-state index < -0.39 is 0 Å². The number of nitrogens with zero attached hydrogens (tertiary/aromatic N) is 3. The van der Waals surface area contributed by atoms with E-state index in [1.807, 2.05) is 36.0 Å². The monoisotopic (exact) mass is 283 g/mol. The summed E-state index contributed by atoms with van der Waals surface area (Å²) in [5, 5.41) is 4.60.